The van der Waals surface area contributed by atoms with Crippen molar-refractivity contribution in [1.29, 1.82) is 0 Å². The van der Waals surface area contributed by atoms with Gasteiger partial charge in [-0.2, -0.15) is 0 Å². The van der Waals surface area contributed by atoms with Crippen LogP contribution in [-0.4, -0.2) is 26.0 Å². The number of nitrogens with one attached hydrogen (secondary N) is 1. The molecule has 2 rings (SSSR count). The van der Waals surface area contributed by atoms with Crippen LogP contribution in [0.4, 0.5) is 5.69 Å². The summed E-state index contributed by atoms with van der Waals surface area (Å²) in [5.74, 6) is -0.198. The third-order valence-electron chi connectivity index (χ3n) is 3.77. The van der Waals surface area contributed by atoms with Gasteiger partial charge in [-0.3, -0.25) is 4.79 Å². The molecule has 1 atom stereocenters. The quantitative estimate of drug-likeness (QED) is 0.838. The van der Waals surface area contributed by atoms with Gasteiger partial charge in [-0.1, -0.05) is 18.2 Å². The van der Waals surface area contributed by atoms with E-state index in [1.54, 1.807) is 0 Å². The number of anilines is 1. The van der Waals surface area contributed by atoms with Crippen LogP contribution in [0.25, 0.3) is 0 Å². The molecule has 0 saturated carbocycles. The molecule has 1 unspecified atom stereocenters. The third-order valence-corrected chi connectivity index (χ3v) is 3.77. The monoisotopic (exact) mass is 247 g/mol. The summed E-state index contributed by atoms with van der Waals surface area (Å²) in [6.07, 6.45) is 0.830. The minimum Gasteiger partial charge on any atom is -0.370 e. The molecule has 0 radical (unpaired) electrons. The van der Waals surface area contributed by atoms with Gasteiger partial charge in [0.25, 0.3) is 0 Å². The molecule has 0 spiro atoms. The van der Waals surface area contributed by atoms with E-state index in [1.807, 2.05) is 26.1 Å². The van der Waals surface area contributed by atoms with Crippen molar-refractivity contribution in [1.82, 2.24) is 5.32 Å². The highest BCUT2D eigenvalue weighted by Gasteiger charge is 2.39. The van der Waals surface area contributed by atoms with E-state index in [-0.39, 0.29) is 5.91 Å². The average Bonchev–Trinajstić information content (AvgIpc) is 2.74. The Morgan fingerprint density at radius 1 is 1.50 bits per heavy atom. The fourth-order valence-electron chi connectivity index (χ4n) is 2.53. The molecule has 4 nitrogen and oxygen atoms in total. The van der Waals surface area contributed by atoms with E-state index in [2.05, 4.69) is 22.3 Å². The summed E-state index contributed by atoms with van der Waals surface area (Å²) in [7, 11) is 1.94. The predicted molar refractivity (Wildman–Crippen MR) is 73.3 cm³/mol. The largest absolute Gasteiger partial charge is 0.370 e. The lowest BCUT2D eigenvalue weighted by Gasteiger charge is -2.24. The first-order valence-corrected chi connectivity index (χ1v) is 6.34. The van der Waals surface area contributed by atoms with E-state index >= 15 is 0 Å². The minimum atomic E-state index is -0.396. The van der Waals surface area contributed by atoms with Crippen molar-refractivity contribution < 1.29 is 4.79 Å². The van der Waals surface area contributed by atoms with Crippen molar-refractivity contribution in [2.24, 2.45) is 11.1 Å². The number of benzene rings is 1. The molecular weight excluding hydrogens is 226 g/mol. The maximum Gasteiger partial charge on any atom is 0.225 e. The molecule has 1 aliphatic rings. The second-order valence-corrected chi connectivity index (χ2v) is 5.26. The molecule has 1 heterocycles. The van der Waals surface area contributed by atoms with E-state index in [1.165, 1.54) is 11.3 Å². The van der Waals surface area contributed by atoms with Crippen molar-refractivity contribution >= 4 is 11.6 Å². The lowest BCUT2D eigenvalue weighted by Crippen LogP contribution is -2.37. The Morgan fingerprint density at radius 2 is 2.22 bits per heavy atom. The fourth-order valence-corrected chi connectivity index (χ4v) is 2.53. The minimum absolute atomic E-state index is 0.198. The van der Waals surface area contributed by atoms with Gasteiger partial charge >= 0.3 is 0 Å². The molecule has 0 aromatic heterocycles. The molecule has 1 fully saturated rings. The predicted octanol–water partition coefficient (Wildman–Crippen LogP) is 1.11. The molecule has 4 heteroatoms. The van der Waals surface area contributed by atoms with Crippen LogP contribution >= 0.6 is 0 Å². The smallest absolute Gasteiger partial charge is 0.225 e. The van der Waals surface area contributed by atoms with Crippen molar-refractivity contribution in [2.75, 3.05) is 25.0 Å². The Morgan fingerprint density at radius 3 is 2.83 bits per heavy atom. The van der Waals surface area contributed by atoms with Gasteiger partial charge in [-0.25, -0.2) is 0 Å². The number of primary amides is 1. The number of hydrogen-bond acceptors (Lipinski definition) is 3. The zero-order chi connectivity index (χ0) is 13.2. The maximum absolute atomic E-state index is 11.5. The van der Waals surface area contributed by atoms with Gasteiger partial charge in [0.05, 0.1) is 5.41 Å². The van der Waals surface area contributed by atoms with Gasteiger partial charge < -0.3 is 16.0 Å². The Labute approximate surface area is 108 Å². The van der Waals surface area contributed by atoms with Gasteiger partial charge in [0.15, 0.2) is 0 Å². The van der Waals surface area contributed by atoms with Crippen LogP contribution in [0.3, 0.4) is 0 Å². The molecule has 98 valence electrons. The van der Waals surface area contributed by atoms with Crippen LogP contribution in [0, 0.1) is 5.41 Å². The number of para-hydroxylation sites is 1. The highest BCUT2D eigenvalue weighted by Crippen LogP contribution is 2.34. The lowest BCUT2D eigenvalue weighted by atomic mass is 9.89. The van der Waals surface area contributed by atoms with E-state index in [0.717, 1.165) is 19.5 Å². The normalized spacial score (nSPS) is 23.3. The van der Waals surface area contributed by atoms with Gasteiger partial charge in [0, 0.05) is 25.3 Å². The van der Waals surface area contributed by atoms with Crippen LogP contribution in [0.5, 0.6) is 0 Å². The number of carbonyl (C=O) groups is 1. The summed E-state index contributed by atoms with van der Waals surface area (Å²) in [6, 6.07) is 8.30. The van der Waals surface area contributed by atoms with Crippen molar-refractivity contribution in [3.63, 3.8) is 0 Å². The molecule has 1 aliphatic heterocycles. The maximum atomic E-state index is 11.5. The number of amides is 1. The van der Waals surface area contributed by atoms with Crippen LogP contribution in [0.2, 0.25) is 0 Å². The summed E-state index contributed by atoms with van der Waals surface area (Å²) in [5, 5.41) is 3.17. The highest BCUT2D eigenvalue weighted by molar-refractivity contribution is 5.82. The zero-order valence-electron chi connectivity index (χ0n) is 11.1. The standard InChI is InChI=1S/C14H21N3O/c1-14(13(15)18)7-8-17(10-14)12-6-4-3-5-11(12)9-16-2/h3-6,16H,7-10H2,1-2H3,(H2,15,18). The number of hydrogen-bond donors (Lipinski definition) is 2. The topological polar surface area (TPSA) is 58.4 Å². The summed E-state index contributed by atoms with van der Waals surface area (Å²) >= 11 is 0. The Hall–Kier alpha value is -1.55. The van der Waals surface area contributed by atoms with Gasteiger partial charge in [0.1, 0.15) is 0 Å². The van der Waals surface area contributed by atoms with E-state index in [9.17, 15) is 4.79 Å². The first-order chi connectivity index (χ1) is 8.57. The van der Waals surface area contributed by atoms with Gasteiger partial charge in [-0.05, 0) is 32.0 Å². The molecule has 1 saturated heterocycles. The Bertz CT molecular complexity index is 446. The lowest BCUT2D eigenvalue weighted by molar-refractivity contribution is -0.125. The number of rotatable bonds is 4. The number of carbonyl (C=O) groups excluding carboxylic acids is 1. The van der Waals surface area contributed by atoms with Crippen LogP contribution in [0.15, 0.2) is 24.3 Å². The van der Waals surface area contributed by atoms with Crippen molar-refractivity contribution in [3.05, 3.63) is 29.8 Å². The molecule has 18 heavy (non-hydrogen) atoms. The van der Waals surface area contributed by atoms with Crippen LogP contribution in [-0.2, 0) is 11.3 Å². The van der Waals surface area contributed by atoms with E-state index in [4.69, 9.17) is 5.73 Å². The molecule has 1 aromatic carbocycles. The SMILES string of the molecule is CNCc1ccccc1N1CCC(C)(C(N)=O)C1. The zero-order valence-corrected chi connectivity index (χ0v) is 11.1. The first-order valence-electron chi connectivity index (χ1n) is 6.34. The van der Waals surface area contributed by atoms with Crippen molar-refractivity contribution in [2.45, 2.75) is 19.9 Å². The third kappa shape index (κ3) is 2.34. The van der Waals surface area contributed by atoms with E-state index < -0.39 is 5.41 Å². The highest BCUT2D eigenvalue weighted by atomic mass is 16.1. The number of nitrogens with two attached hydrogens (primary N) is 1. The molecule has 3 N–H and O–H groups in total. The van der Waals surface area contributed by atoms with E-state index in [0.29, 0.717) is 6.54 Å². The Kier molecular flexibility index (Phi) is 3.57. The summed E-state index contributed by atoms with van der Waals surface area (Å²) < 4.78 is 0. The fraction of sp³-hybridized carbons (Fsp3) is 0.500. The second kappa shape index (κ2) is 4.98. The molecule has 0 bridgehead atoms. The summed E-state index contributed by atoms with van der Waals surface area (Å²) in [6.45, 7) is 4.39. The molecule has 1 aromatic rings. The molecule has 1 amide bonds. The van der Waals surface area contributed by atoms with Crippen LogP contribution in [0.1, 0.15) is 18.9 Å². The van der Waals surface area contributed by atoms with Crippen LogP contribution < -0.4 is 16.0 Å². The van der Waals surface area contributed by atoms with Gasteiger partial charge in [0.2, 0.25) is 5.91 Å². The van der Waals surface area contributed by atoms with Crippen molar-refractivity contribution in [3.8, 4) is 0 Å². The summed E-state index contributed by atoms with van der Waals surface area (Å²) in [5.41, 5.74) is 7.56. The van der Waals surface area contributed by atoms with Gasteiger partial charge in [-0.15, -0.1) is 0 Å². The second-order valence-electron chi connectivity index (χ2n) is 5.26. The summed E-state index contributed by atoms with van der Waals surface area (Å²) in [4.78, 5) is 13.8. The Balaban J connectivity index is 2.21. The number of nitrogens with zero attached hydrogens (tertiary/aromatic N) is 1. The average molecular weight is 247 g/mol. The first kappa shape index (κ1) is 12.9. The molecule has 0 aliphatic carbocycles. The molecular formula is C14H21N3O.